The number of benzene rings is 2. The molecule has 1 fully saturated rings. The Kier molecular flexibility index (Phi) is 6.17. The quantitative estimate of drug-likeness (QED) is 0.430. The molecule has 0 saturated carbocycles. The minimum atomic E-state index is -0.357. The zero-order valence-electron chi connectivity index (χ0n) is 15.6. The predicted molar refractivity (Wildman–Crippen MR) is 104 cm³/mol. The van der Waals surface area contributed by atoms with E-state index in [4.69, 9.17) is 18.9 Å². The highest BCUT2D eigenvalue weighted by Crippen LogP contribution is 2.31. The predicted octanol–water partition coefficient (Wildman–Crippen LogP) is 4.06. The molecule has 2 heterocycles. The molecular weight excluding hydrogens is 356 g/mol. The highest BCUT2D eigenvalue weighted by molar-refractivity contribution is 5.89. The van der Waals surface area contributed by atoms with Crippen molar-refractivity contribution in [3.8, 4) is 0 Å². The number of ether oxygens (including phenoxy) is 4. The molecular formula is C23H24O5. The summed E-state index contributed by atoms with van der Waals surface area (Å²) in [6.45, 7) is 0.868. The van der Waals surface area contributed by atoms with Crippen LogP contribution in [-0.4, -0.2) is 37.5 Å². The van der Waals surface area contributed by atoms with E-state index >= 15 is 0 Å². The lowest BCUT2D eigenvalue weighted by molar-refractivity contribution is -0.262. The molecule has 2 aliphatic heterocycles. The molecule has 2 aromatic carbocycles. The van der Waals surface area contributed by atoms with Crippen LogP contribution in [0.1, 0.15) is 35.1 Å². The maximum Gasteiger partial charge on any atom is 0.338 e. The maximum atomic E-state index is 11.9. The van der Waals surface area contributed by atoms with Crippen molar-refractivity contribution in [1.29, 1.82) is 0 Å². The lowest BCUT2D eigenvalue weighted by atomic mass is 10.0. The van der Waals surface area contributed by atoms with Crippen LogP contribution in [0.3, 0.4) is 0 Å². The Morgan fingerprint density at radius 3 is 2.50 bits per heavy atom. The molecule has 2 aliphatic rings. The average Bonchev–Trinajstić information content (AvgIpc) is 2.77. The largest absolute Gasteiger partial charge is 0.462 e. The highest BCUT2D eigenvalue weighted by Gasteiger charge is 2.35. The first kappa shape index (κ1) is 18.9. The summed E-state index contributed by atoms with van der Waals surface area (Å²) in [5.41, 5.74) is 1.58. The van der Waals surface area contributed by atoms with Gasteiger partial charge in [0.15, 0.2) is 6.29 Å². The average molecular weight is 380 g/mol. The minimum absolute atomic E-state index is 0.0165. The van der Waals surface area contributed by atoms with Crippen LogP contribution in [0, 0.1) is 0 Å². The summed E-state index contributed by atoms with van der Waals surface area (Å²) >= 11 is 0. The summed E-state index contributed by atoms with van der Waals surface area (Å²) in [5, 5.41) is 0. The van der Waals surface area contributed by atoms with Crippen molar-refractivity contribution >= 4 is 5.97 Å². The van der Waals surface area contributed by atoms with Crippen LogP contribution in [0.5, 0.6) is 0 Å². The van der Waals surface area contributed by atoms with Gasteiger partial charge in [0, 0.05) is 5.56 Å². The molecule has 0 amide bonds. The molecule has 146 valence electrons. The first-order chi connectivity index (χ1) is 13.8. The van der Waals surface area contributed by atoms with Crippen LogP contribution >= 0.6 is 0 Å². The minimum Gasteiger partial charge on any atom is -0.462 e. The summed E-state index contributed by atoms with van der Waals surface area (Å²) in [6.07, 6.45) is 5.03. The number of rotatable bonds is 6. The van der Waals surface area contributed by atoms with Gasteiger partial charge in [-0.1, -0.05) is 60.7 Å². The Morgan fingerprint density at radius 2 is 1.71 bits per heavy atom. The molecule has 4 rings (SSSR count). The fourth-order valence-electron chi connectivity index (χ4n) is 3.39. The van der Waals surface area contributed by atoms with Crippen molar-refractivity contribution in [2.24, 2.45) is 0 Å². The van der Waals surface area contributed by atoms with Gasteiger partial charge in [-0.15, -0.1) is 0 Å². The van der Waals surface area contributed by atoms with Gasteiger partial charge in [0.2, 0.25) is 0 Å². The van der Waals surface area contributed by atoms with Gasteiger partial charge in [-0.3, -0.25) is 0 Å². The van der Waals surface area contributed by atoms with Gasteiger partial charge in [-0.2, -0.15) is 0 Å². The Balaban J connectivity index is 1.21. The Hall–Kier alpha value is -2.47. The second-order valence-electron chi connectivity index (χ2n) is 6.92. The Bertz CT molecular complexity index is 789. The molecule has 1 saturated heterocycles. The molecule has 0 radical (unpaired) electrons. The van der Waals surface area contributed by atoms with Gasteiger partial charge in [0.25, 0.3) is 0 Å². The molecule has 5 heteroatoms. The second-order valence-corrected chi connectivity index (χ2v) is 6.92. The van der Waals surface area contributed by atoms with E-state index in [0.717, 1.165) is 18.4 Å². The van der Waals surface area contributed by atoms with E-state index < -0.39 is 0 Å². The fourth-order valence-corrected chi connectivity index (χ4v) is 3.39. The number of esters is 1. The monoisotopic (exact) mass is 380 g/mol. The normalized spacial score (nSPS) is 26.4. The second kappa shape index (κ2) is 9.15. The molecule has 28 heavy (non-hydrogen) atoms. The lowest BCUT2D eigenvalue weighted by Gasteiger charge is -2.39. The summed E-state index contributed by atoms with van der Waals surface area (Å²) in [6, 6.07) is 18.9. The molecule has 0 N–H and O–H groups in total. The number of hydrogen-bond donors (Lipinski definition) is 0. The van der Waals surface area contributed by atoms with E-state index in [1.807, 2.05) is 54.6 Å². The summed E-state index contributed by atoms with van der Waals surface area (Å²) in [5.74, 6) is -0.290. The highest BCUT2D eigenvalue weighted by atomic mass is 16.7. The van der Waals surface area contributed by atoms with Crippen LogP contribution in [0.15, 0.2) is 72.8 Å². The summed E-state index contributed by atoms with van der Waals surface area (Å²) < 4.78 is 23.3. The van der Waals surface area contributed by atoms with E-state index in [2.05, 4.69) is 6.08 Å². The fraction of sp³-hybridized carbons (Fsp3) is 0.348. The molecule has 4 atom stereocenters. The molecule has 0 bridgehead atoms. The van der Waals surface area contributed by atoms with E-state index in [0.29, 0.717) is 18.8 Å². The van der Waals surface area contributed by atoms with Crippen molar-refractivity contribution < 1.29 is 23.7 Å². The van der Waals surface area contributed by atoms with Crippen LogP contribution in [0.2, 0.25) is 0 Å². The van der Waals surface area contributed by atoms with Gasteiger partial charge in [0.05, 0.1) is 24.9 Å². The summed E-state index contributed by atoms with van der Waals surface area (Å²) in [7, 11) is 0. The zero-order chi connectivity index (χ0) is 19.2. The van der Waals surface area contributed by atoms with Crippen molar-refractivity contribution in [3.63, 3.8) is 0 Å². The standard InChI is InChI=1S/C23H24O5/c24-22(17-8-3-1-4-9-17)25-15-7-12-19-13-14-20-21(27-19)16-26-23(28-20)18-10-5-2-6-11-18/h1-6,8-11,13-14,19-21,23H,7,12,15-16H2/t19-,20+,21-,23?/m1/s1. The number of fused-ring (bicyclic) bond motifs is 1. The Labute approximate surface area is 164 Å². The van der Waals surface area contributed by atoms with Crippen molar-refractivity contribution in [2.45, 2.75) is 37.4 Å². The van der Waals surface area contributed by atoms with Gasteiger partial charge in [-0.25, -0.2) is 4.79 Å². The first-order valence-corrected chi connectivity index (χ1v) is 9.67. The van der Waals surface area contributed by atoms with E-state index in [9.17, 15) is 4.79 Å². The SMILES string of the molecule is O=C(OCCC[C@@H]1C=C[C@@H]2OC(c3ccccc3)OC[C@H]2O1)c1ccccc1. The van der Waals surface area contributed by atoms with Crippen LogP contribution < -0.4 is 0 Å². The van der Waals surface area contributed by atoms with Crippen molar-refractivity contribution in [3.05, 3.63) is 83.9 Å². The van der Waals surface area contributed by atoms with Gasteiger partial charge in [0.1, 0.15) is 12.2 Å². The number of hydrogen-bond acceptors (Lipinski definition) is 5. The maximum absolute atomic E-state index is 11.9. The lowest BCUT2D eigenvalue weighted by Crippen LogP contribution is -2.45. The third kappa shape index (κ3) is 4.68. The molecule has 0 aliphatic carbocycles. The van der Waals surface area contributed by atoms with Crippen molar-refractivity contribution in [2.75, 3.05) is 13.2 Å². The van der Waals surface area contributed by atoms with Crippen LogP contribution in [-0.2, 0) is 18.9 Å². The third-order valence-electron chi connectivity index (χ3n) is 4.87. The summed E-state index contributed by atoms with van der Waals surface area (Å²) in [4.78, 5) is 11.9. The number of carbonyl (C=O) groups excluding carboxylic acids is 1. The zero-order valence-corrected chi connectivity index (χ0v) is 15.6. The van der Waals surface area contributed by atoms with E-state index in [1.165, 1.54) is 0 Å². The van der Waals surface area contributed by atoms with Crippen molar-refractivity contribution in [1.82, 2.24) is 0 Å². The molecule has 0 aromatic heterocycles. The van der Waals surface area contributed by atoms with Gasteiger partial charge in [-0.05, 0) is 25.0 Å². The first-order valence-electron chi connectivity index (χ1n) is 9.67. The molecule has 1 unspecified atom stereocenters. The Morgan fingerprint density at radius 1 is 0.964 bits per heavy atom. The number of carbonyl (C=O) groups is 1. The topological polar surface area (TPSA) is 54.0 Å². The molecule has 2 aromatic rings. The van der Waals surface area contributed by atoms with Crippen LogP contribution in [0.4, 0.5) is 0 Å². The van der Waals surface area contributed by atoms with E-state index in [-0.39, 0.29) is 30.6 Å². The van der Waals surface area contributed by atoms with Crippen LogP contribution in [0.25, 0.3) is 0 Å². The molecule has 0 spiro atoms. The van der Waals surface area contributed by atoms with E-state index in [1.54, 1.807) is 12.1 Å². The van der Waals surface area contributed by atoms with Gasteiger partial charge >= 0.3 is 5.97 Å². The van der Waals surface area contributed by atoms with Gasteiger partial charge < -0.3 is 18.9 Å². The molecule has 5 nitrogen and oxygen atoms in total. The smallest absolute Gasteiger partial charge is 0.338 e. The third-order valence-corrected chi connectivity index (χ3v) is 4.87.